The van der Waals surface area contributed by atoms with Crippen molar-refractivity contribution < 1.29 is 9.21 Å². The summed E-state index contributed by atoms with van der Waals surface area (Å²) in [6, 6.07) is 20.1. The molecule has 1 atom stereocenters. The Hall–Kier alpha value is -3.25. The summed E-state index contributed by atoms with van der Waals surface area (Å²) in [5.41, 5.74) is 2.81. The molecule has 5 nitrogen and oxygen atoms in total. The van der Waals surface area contributed by atoms with Gasteiger partial charge in [0.1, 0.15) is 5.69 Å². The van der Waals surface area contributed by atoms with Crippen LogP contribution in [0.15, 0.2) is 76.7 Å². The number of piperidine rings is 1. The molecule has 0 spiro atoms. The van der Waals surface area contributed by atoms with Crippen LogP contribution in [0.25, 0.3) is 22.6 Å². The summed E-state index contributed by atoms with van der Waals surface area (Å²) in [5, 5.41) is 3.14. The standard InChI is InChI=1S/C26H25N3O2S/c30-23(29-16-7-12-21(18-29)26-27-15-17-32-26)14-13-22-28-24(19-8-3-1-4-9-19)25(31-22)20-10-5-2-6-11-20/h1-6,8-11,15,17,21H,7,12-14,16,18H2. The van der Waals surface area contributed by atoms with E-state index in [2.05, 4.69) is 4.98 Å². The van der Waals surface area contributed by atoms with Crippen LogP contribution in [-0.2, 0) is 11.2 Å². The average molecular weight is 444 g/mol. The normalized spacial score (nSPS) is 16.2. The van der Waals surface area contributed by atoms with Gasteiger partial charge < -0.3 is 9.32 Å². The van der Waals surface area contributed by atoms with Crippen molar-refractivity contribution >= 4 is 17.2 Å². The van der Waals surface area contributed by atoms with Gasteiger partial charge in [-0.25, -0.2) is 9.97 Å². The van der Waals surface area contributed by atoms with Gasteiger partial charge in [0.2, 0.25) is 5.91 Å². The maximum Gasteiger partial charge on any atom is 0.223 e. The second-order valence-electron chi connectivity index (χ2n) is 8.07. The van der Waals surface area contributed by atoms with Gasteiger partial charge in [0.15, 0.2) is 11.7 Å². The molecule has 4 aromatic rings. The number of thiazole rings is 1. The number of likely N-dealkylation sites (tertiary alicyclic amines) is 1. The molecule has 0 saturated carbocycles. The molecule has 1 amide bonds. The Morgan fingerprint density at radius 2 is 1.81 bits per heavy atom. The highest BCUT2D eigenvalue weighted by Crippen LogP contribution is 2.33. The summed E-state index contributed by atoms with van der Waals surface area (Å²) >= 11 is 1.68. The third kappa shape index (κ3) is 4.50. The molecule has 1 unspecified atom stereocenters. The molecule has 1 aliphatic rings. The monoisotopic (exact) mass is 443 g/mol. The Balaban J connectivity index is 1.31. The van der Waals surface area contributed by atoms with Crippen molar-refractivity contribution in [3.63, 3.8) is 0 Å². The van der Waals surface area contributed by atoms with Crippen LogP contribution in [0.2, 0.25) is 0 Å². The van der Waals surface area contributed by atoms with Crippen LogP contribution in [0.1, 0.15) is 36.1 Å². The second kappa shape index (κ2) is 9.49. The summed E-state index contributed by atoms with van der Waals surface area (Å²) < 4.78 is 6.18. The van der Waals surface area contributed by atoms with Crippen LogP contribution in [-0.4, -0.2) is 33.9 Å². The van der Waals surface area contributed by atoms with Gasteiger partial charge in [-0.1, -0.05) is 60.7 Å². The number of carbonyl (C=O) groups is 1. The van der Waals surface area contributed by atoms with E-state index in [1.54, 1.807) is 11.3 Å². The lowest BCUT2D eigenvalue weighted by Crippen LogP contribution is -2.39. The molecule has 1 fully saturated rings. The lowest BCUT2D eigenvalue weighted by atomic mass is 9.98. The molecule has 1 saturated heterocycles. The van der Waals surface area contributed by atoms with E-state index in [0.29, 0.717) is 24.7 Å². The summed E-state index contributed by atoms with van der Waals surface area (Å²) in [6.07, 6.45) is 4.85. The van der Waals surface area contributed by atoms with Crippen LogP contribution >= 0.6 is 11.3 Å². The summed E-state index contributed by atoms with van der Waals surface area (Å²) in [6.45, 7) is 1.57. The smallest absolute Gasteiger partial charge is 0.223 e. The fourth-order valence-electron chi connectivity index (χ4n) is 4.26. The molecular formula is C26H25N3O2S. The minimum Gasteiger partial charge on any atom is -0.440 e. The van der Waals surface area contributed by atoms with E-state index in [9.17, 15) is 4.79 Å². The largest absolute Gasteiger partial charge is 0.440 e. The van der Waals surface area contributed by atoms with Gasteiger partial charge in [0.25, 0.3) is 0 Å². The molecule has 2 aromatic heterocycles. The molecule has 0 aliphatic carbocycles. The van der Waals surface area contributed by atoms with E-state index in [-0.39, 0.29) is 5.91 Å². The number of aromatic nitrogens is 2. The van der Waals surface area contributed by atoms with Crippen molar-refractivity contribution in [3.05, 3.63) is 83.1 Å². The number of hydrogen-bond donors (Lipinski definition) is 0. The Kier molecular flexibility index (Phi) is 6.12. The molecule has 6 heteroatoms. The highest BCUT2D eigenvalue weighted by atomic mass is 32.1. The Morgan fingerprint density at radius 1 is 1.06 bits per heavy atom. The van der Waals surface area contributed by atoms with E-state index in [1.807, 2.05) is 77.1 Å². The molecule has 162 valence electrons. The molecule has 0 bridgehead atoms. The molecule has 0 radical (unpaired) electrons. The lowest BCUT2D eigenvalue weighted by Gasteiger charge is -2.31. The first-order valence-electron chi connectivity index (χ1n) is 11.1. The van der Waals surface area contributed by atoms with Gasteiger partial charge in [-0.05, 0) is 12.8 Å². The van der Waals surface area contributed by atoms with E-state index >= 15 is 0 Å². The van der Waals surface area contributed by atoms with E-state index in [1.165, 1.54) is 0 Å². The number of hydrogen-bond acceptors (Lipinski definition) is 5. The Labute approximate surface area is 191 Å². The molecule has 0 N–H and O–H groups in total. The summed E-state index contributed by atoms with van der Waals surface area (Å²) in [4.78, 5) is 24.2. The molecular weight excluding hydrogens is 418 g/mol. The van der Waals surface area contributed by atoms with Gasteiger partial charge in [-0.15, -0.1) is 11.3 Å². The summed E-state index contributed by atoms with van der Waals surface area (Å²) in [7, 11) is 0. The Bertz CT molecular complexity index is 1100. The zero-order valence-corrected chi connectivity index (χ0v) is 18.6. The van der Waals surface area contributed by atoms with Gasteiger partial charge in [-0.3, -0.25) is 4.79 Å². The third-order valence-electron chi connectivity index (χ3n) is 5.88. The first kappa shape index (κ1) is 20.6. The van der Waals surface area contributed by atoms with Crippen molar-refractivity contribution in [3.8, 4) is 22.6 Å². The molecule has 1 aliphatic heterocycles. The van der Waals surface area contributed by atoms with E-state index < -0.39 is 0 Å². The van der Waals surface area contributed by atoms with Crippen molar-refractivity contribution in [2.45, 2.75) is 31.6 Å². The second-order valence-corrected chi connectivity index (χ2v) is 8.99. The first-order chi connectivity index (χ1) is 15.8. The van der Waals surface area contributed by atoms with Gasteiger partial charge >= 0.3 is 0 Å². The predicted octanol–water partition coefficient (Wildman–Crippen LogP) is 5.80. The maximum absolute atomic E-state index is 13.0. The van der Waals surface area contributed by atoms with Crippen LogP contribution in [0.3, 0.4) is 0 Å². The number of carbonyl (C=O) groups excluding carboxylic acids is 1. The number of nitrogens with zero attached hydrogens (tertiary/aromatic N) is 3. The van der Waals surface area contributed by atoms with Crippen molar-refractivity contribution in [1.29, 1.82) is 0 Å². The average Bonchev–Trinajstić information content (AvgIpc) is 3.54. The first-order valence-corrected chi connectivity index (χ1v) is 11.9. The Morgan fingerprint density at radius 3 is 2.53 bits per heavy atom. The fraction of sp³-hybridized carbons (Fsp3) is 0.269. The lowest BCUT2D eigenvalue weighted by molar-refractivity contribution is -0.132. The number of amides is 1. The van der Waals surface area contributed by atoms with Crippen LogP contribution < -0.4 is 0 Å². The predicted molar refractivity (Wildman–Crippen MR) is 126 cm³/mol. The van der Waals surface area contributed by atoms with Gasteiger partial charge in [0.05, 0.1) is 5.01 Å². The topological polar surface area (TPSA) is 59.2 Å². The SMILES string of the molecule is O=C(CCc1nc(-c2ccccc2)c(-c2ccccc2)o1)N1CCCC(c2nccs2)C1. The van der Waals surface area contributed by atoms with E-state index in [0.717, 1.165) is 53.5 Å². The maximum atomic E-state index is 13.0. The number of rotatable bonds is 6. The third-order valence-corrected chi connectivity index (χ3v) is 6.82. The fourth-order valence-corrected chi connectivity index (χ4v) is 5.03. The van der Waals surface area contributed by atoms with Crippen LogP contribution in [0.5, 0.6) is 0 Å². The number of benzene rings is 2. The molecule has 3 heterocycles. The summed E-state index contributed by atoms with van der Waals surface area (Å²) in [5.74, 6) is 1.86. The quantitative estimate of drug-likeness (QED) is 0.378. The minimum atomic E-state index is 0.159. The molecule has 32 heavy (non-hydrogen) atoms. The number of oxazole rings is 1. The van der Waals surface area contributed by atoms with Crippen LogP contribution in [0.4, 0.5) is 0 Å². The highest BCUT2D eigenvalue weighted by molar-refractivity contribution is 7.09. The van der Waals surface area contributed by atoms with Crippen molar-refractivity contribution in [2.75, 3.05) is 13.1 Å². The molecule has 5 rings (SSSR count). The van der Waals surface area contributed by atoms with Crippen molar-refractivity contribution in [2.24, 2.45) is 0 Å². The zero-order valence-electron chi connectivity index (χ0n) is 17.8. The zero-order chi connectivity index (χ0) is 21.8. The van der Waals surface area contributed by atoms with Gasteiger partial charge in [0, 0.05) is 54.6 Å². The van der Waals surface area contributed by atoms with Crippen LogP contribution in [0, 0.1) is 0 Å². The van der Waals surface area contributed by atoms with Gasteiger partial charge in [-0.2, -0.15) is 0 Å². The van der Waals surface area contributed by atoms with Crippen molar-refractivity contribution in [1.82, 2.24) is 14.9 Å². The number of aryl methyl sites for hydroxylation is 1. The molecule has 2 aromatic carbocycles. The minimum absolute atomic E-state index is 0.159. The van der Waals surface area contributed by atoms with E-state index in [4.69, 9.17) is 9.40 Å². The highest BCUT2D eigenvalue weighted by Gasteiger charge is 2.26.